The third-order valence-electron chi connectivity index (χ3n) is 4.84. The molecular weight excluding hydrogens is 414 g/mol. The summed E-state index contributed by atoms with van der Waals surface area (Å²) in [6.45, 7) is 4.09. The molecule has 2 aromatic heterocycles. The number of carbonyl (C=O) groups excluding carboxylic acids is 1. The molecule has 1 N–H and O–H groups in total. The van der Waals surface area contributed by atoms with E-state index in [4.69, 9.17) is 0 Å². The monoisotopic (exact) mass is 435 g/mol. The molecule has 6 nitrogen and oxygen atoms in total. The summed E-state index contributed by atoms with van der Waals surface area (Å²) in [7, 11) is 0. The lowest BCUT2D eigenvalue weighted by Gasteiger charge is -2.18. The Morgan fingerprint density at radius 3 is 2.70 bits per heavy atom. The van der Waals surface area contributed by atoms with E-state index < -0.39 is 0 Å². The summed E-state index contributed by atoms with van der Waals surface area (Å²) in [4.78, 5) is 13.9. The van der Waals surface area contributed by atoms with Gasteiger partial charge in [0, 0.05) is 4.88 Å². The van der Waals surface area contributed by atoms with Crippen molar-refractivity contribution in [2.45, 2.75) is 25.0 Å². The Hall–Kier alpha value is -2.97. The van der Waals surface area contributed by atoms with Crippen molar-refractivity contribution in [2.75, 3.05) is 5.75 Å². The van der Waals surface area contributed by atoms with E-state index in [1.54, 1.807) is 16.0 Å². The van der Waals surface area contributed by atoms with Gasteiger partial charge in [-0.05, 0) is 58.5 Å². The number of nitrogens with one attached hydrogen (secondary N) is 1. The molecule has 0 radical (unpaired) electrons. The van der Waals surface area contributed by atoms with Gasteiger partial charge in [-0.2, -0.15) is 4.68 Å². The first-order valence-corrected chi connectivity index (χ1v) is 11.4. The number of aryl methyl sites for hydroxylation is 1. The second kappa shape index (κ2) is 9.23. The Kier molecular flexibility index (Phi) is 6.25. The molecule has 1 amide bonds. The number of benzene rings is 2. The molecule has 0 spiro atoms. The maximum absolute atomic E-state index is 12.8. The lowest BCUT2D eigenvalue weighted by molar-refractivity contribution is -0.119. The van der Waals surface area contributed by atoms with Gasteiger partial charge in [0.25, 0.3) is 0 Å². The van der Waals surface area contributed by atoms with Gasteiger partial charge in [0.15, 0.2) is 0 Å². The van der Waals surface area contributed by atoms with Gasteiger partial charge in [-0.3, -0.25) is 4.79 Å². The van der Waals surface area contributed by atoms with E-state index in [1.807, 2.05) is 66.9 Å². The zero-order valence-electron chi connectivity index (χ0n) is 16.6. The van der Waals surface area contributed by atoms with Crippen molar-refractivity contribution in [3.05, 3.63) is 87.6 Å². The Labute approximate surface area is 183 Å². The molecule has 4 rings (SSSR count). The van der Waals surface area contributed by atoms with E-state index in [9.17, 15) is 4.79 Å². The molecule has 1 atom stereocenters. The molecule has 0 aliphatic rings. The lowest BCUT2D eigenvalue weighted by Crippen LogP contribution is -2.30. The molecular formula is C22H21N5OS2. The van der Waals surface area contributed by atoms with Crippen LogP contribution in [0.3, 0.4) is 0 Å². The Balaban J connectivity index is 1.48. The maximum atomic E-state index is 12.8. The second-order valence-corrected chi connectivity index (χ2v) is 8.73. The topological polar surface area (TPSA) is 72.7 Å². The van der Waals surface area contributed by atoms with Crippen molar-refractivity contribution in [3.63, 3.8) is 0 Å². The lowest BCUT2D eigenvalue weighted by atomic mass is 10.1. The minimum Gasteiger partial charge on any atom is -0.344 e. The number of carbonyl (C=O) groups is 1. The fourth-order valence-corrected chi connectivity index (χ4v) is 4.64. The van der Waals surface area contributed by atoms with Crippen LogP contribution in [0.4, 0.5) is 0 Å². The van der Waals surface area contributed by atoms with Gasteiger partial charge in [-0.15, -0.1) is 16.4 Å². The highest BCUT2D eigenvalue weighted by atomic mass is 32.2. The van der Waals surface area contributed by atoms with Crippen molar-refractivity contribution in [1.29, 1.82) is 0 Å². The third-order valence-corrected chi connectivity index (χ3v) is 6.70. The summed E-state index contributed by atoms with van der Waals surface area (Å²) in [5.41, 5.74) is 4.25. The fraction of sp³-hybridized carbons (Fsp3) is 0.182. The van der Waals surface area contributed by atoms with Crippen LogP contribution in [-0.2, 0) is 4.79 Å². The van der Waals surface area contributed by atoms with Crippen LogP contribution in [0, 0.1) is 13.8 Å². The highest BCUT2D eigenvalue weighted by Crippen LogP contribution is 2.27. The van der Waals surface area contributed by atoms with Crippen LogP contribution >= 0.6 is 23.1 Å². The van der Waals surface area contributed by atoms with Gasteiger partial charge < -0.3 is 5.32 Å². The molecule has 152 valence electrons. The van der Waals surface area contributed by atoms with Gasteiger partial charge in [0.2, 0.25) is 11.1 Å². The number of nitrogens with zero attached hydrogens (tertiary/aromatic N) is 4. The zero-order valence-corrected chi connectivity index (χ0v) is 18.3. The van der Waals surface area contributed by atoms with Crippen molar-refractivity contribution in [3.8, 4) is 5.69 Å². The summed E-state index contributed by atoms with van der Waals surface area (Å²) in [5.74, 6) is 0.151. The first kappa shape index (κ1) is 20.3. The van der Waals surface area contributed by atoms with Crippen LogP contribution in [0.2, 0.25) is 0 Å². The molecule has 0 aliphatic heterocycles. The number of hydrogen-bond donors (Lipinski definition) is 1. The summed E-state index contributed by atoms with van der Waals surface area (Å²) < 4.78 is 1.69. The largest absolute Gasteiger partial charge is 0.344 e. The number of thiophene rings is 1. The first-order chi connectivity index (χ1) is 14.6. The number of thioether (sulfide) groups is 1. The number of tetrazole rings is 1. The molecule has 2 heterocycles. The van der Waals surface area contributed by atoms with Gasteiger partial charge in [0.1, 0.15) is 0 Å². The standard InChI is InChI=1S/C22H21N5OS2/c1-15-8-6-11-18(16(15)2)27-22(24-25-26-27)30-14-20(28)23-21(19-12-7-13-29-19)17-9-4-3-5-10-17/h3-13,21H,14H2,1-2H3,(H,23,28)/t21-/m0/s1. The predicted molar refractivity (Wildman–Crippen MR) is 120 cm³/mol. The number of rotatable bonds is 7. The Morgan fingerprint density at radius 2 is 1.93 bits per heavy atom. The molecule has 4 aromatic rings. The molecule has 30 heavy (non-hydrogen) atoms. The molecule has 0 aliphatic carbocycles. The van der Waals surface area contributed by atoms with E-state index in [2.05, 4.69) is 33.8 Å². The molecule has 2 aromatic carbocycles. The maximum Gasteiger partial charge on any atom is 0.231 e. The van der Waals surface area contributed by atoms with E-state index in [-0.39, 0.29) is 17.7 Å². The van der Waals surface area contributed by atoms with Crippen molar-refractivity contribution >= 4 is 29.0 Å². The molecule has 0 fully saturated rings. The van der Waals surface area contributed by atoms with Gasteiger partial charge >= 0.3 is 0 Å². The van der Waals surface area contributed by atoms with Crippen molar-refractivity contribution in [2.24, 2.45) is 0 Å². The third kappa shape index (κ3) is 4.44. The van der Waals surface area contributed by atoms with Crippen LogP contribution < -0.4 is 5.32 Å². The average molecular weight is 436 g/mol. The van der Waals surface area contributed by atoms with Crippen LogP contribution in [-0.4, -0.2) is 31.9 Å². The van der Waals surface area contributed by atoms with E-state index in [0.717, 1.165) is 21.7 Å². The first-order valence-electron chi connectivity index (χ1n) is 9.49. The molecule has 0 bridgehead atoms. The van der Waals surface area contributed by atoms with Crippen molar-refractivity contribution < 1.29 is 4.79 Å². The molecule has 0 saturated carbocycles. The van der Waals surface area contributed by atoms with Crippen molar-refractivity contribution in [1.82, 2.24) is 25.5 Å². The molecule has 0 unspecified atom stereocenters. The zero-order chi connectivity index (χ0) is 20.9. The number of aromatic nitrogens is 4. The Morgan fingerprint density at radius 1 is 1.10 bits per heavy atom. The number of hydrogen-bond acceptors (Lipinski definition) is 6. The molecule has 0 saturated heterocycles. The summed E-state index contributed by atoms with van der Waals surface area (Å²) in [6.07, 6.45) is 0. The van der Waals surface area contributed by atoms with E-state index in [0.29, 0.717) is 5.16 Å². The van der Waals surface area contributed by atoms with Crippen LogP contribution in [0.25, 0.3) is 5.69 Å². The average Bonchev–Trinajstić information content (AvgIpc) is 3.45. The summed E-state index contributed by atoms with van der Waals surface area (Å²) in [6, 6.07) is 19.9. The van der Waals surface area contributed by atoms with E-state index in [1.165, 1.54) is 17.3 Å². The minimum absolute atomic E-state index is 0.0715. The highest BCUT2D eigenvalue weighted by molar-refractivity contribution is 7.99. The molecule has 8 heteroatoms. The normalized spacial score (nSPS) is 11.9. The van der Waals surface area contributed by atoms with Crippen LogP contribution in [0.5, 0.6) is 0 Å². The second-order valence-electron chi connectivity index (χ2n) is 6.81. The van der Waals surface area contributed by atoms with Gasteiger partial charge in [-0.1, -0.05) is 60.3 Å². The quantitative estimate of drug-likeness (QED) is 0.437. The van der Waals surface area contributed by atoms with Gasteiger partial charge in [-0.25, -0.2) is 0 Å². The summed E-state index contributed by atoms with van der Waals surface area (Å²) >= 11 is 2.95. The van der Waals surface area contributed by atoms with Crippen LogP contribution in [0.1, 0.15) is 27.6 Å². The smallest absolute Gasteiger partial charge is 0.231 e. The highest BCUT2D eigenvalue weighted by Gasteiger charge is 2.19. The SMILES string of the molecule is Cc1cccc(-n2nnnc2SCC(=O)N[C@@H](c2ccccc2)c2cccs2)c1C. The Bertz CT molecular complexity index is 1130. The minimum atomic E-state index is -0.172. The van der Waals surface area contributed by atoms with Gasteiger partial charge in [0.05, 0.1) is 17.5 Å². The summed E-state index contributed by atoms with van der Waals surface area (Å²) in [5, 5.41) is 17.8. The predicted octanol–water partition coefficient (Wildman–Crippen LogP) is 4.34. The van der Waals surface area contributed by atoms with E-state index >= 15 is 0 Å². The fourth-order valence-electron chi connectivity index (χ4n) is 3.14. The number of amides is 1. The van der Waals surface area contributed by atoms with Crippen LogP contribution in [0.15, 0.2) is 71.2 Å².